The van der Waals surface area contributed by atoms with Crippen LogP contribution in [-0.2, 0) is 0 Å². The second-order valence-corrected chi connectivity index (χ2v) is 2.83. The van der Waals surface area contributed by atoms with Gasteiger partial charge >= 0.3 is 11.7 Å². The van der Waals surface area contributed by atoms with Crippen LogP contribution in [0.3, 0.4) is 0 Å². The van der Waals surface area contributed by atoms with E-state index < -0.39 is 6.03 Å². The number of aromatic amines is 2. The summed E-state index contributed by atoms with van der Waals surface area (Å²) in [6, 6.07) is 4.31. The van der Waals surface area contributed by atoms with Gasteiger partial charge in [0, 0.05) is 5.69 Å². The quantitative estimate of drug-likeness (QED) is 0.523. The highest BCUT2D eigenvalue weighted by atomic mass is 16.2. The van der Waals surface area contributed by atoms with Gasteiger partial charge in [0.25, 0.3) is 0 Å². The maximum atomic E-state index is 10.9. The van der Waals surface area contributed by atoms with Crippen molar-refractivity contribution in [3.8, 4) is 0 Å². The number of hydrogen-bond acceptors (Lipinski definition) is 2. The highest BCUT2D eigenvalue weighted by Crippen LogP contribution is 2.13. The van der Waals surface area contributed by atoms with Gasteiger partial charge in [0.1, 0.15) is 0 Å². The van der Waals surface area contributed by atoms with Crippen LogP contribution in [0.25, 0.3) is 11.0 Å². The Kier molecular flexibility index (Phi) is 1.74. The number of aromatic nitrogens is 2. The molecule has 6 heteroatoms. The summed E-state index contributed by atoms with van der Waals surface area (Å²) in [6.07, 6.45) is 0. The summed E-state index contributed by atoms with van der Waals surface area (Å²) in [6.45, 7) is 0. The lowest BCUT2D eigenvalue weighted by Gasteiger charge is -1.99. The van der Waals surface area contributed by atoms with E-state index in [9.17, 15) is 9.59 Å². The number of carbonyl (C=O) groups excluding carboxylic acids is 1. The molecule has 1 aromatic carbocycles. The normalized spacial score (nSPS) is 10.3. The summed E-state index contributed by atoms with van der Waals surface area (Å²) in [5, 5.41) is 2.41. The van der Waals surface area contributed by atoms with Crippen molar-refractivity contribution in [1.82, 2.24) is 9.97 Å². The minimum absolute atomic E-state index is 0.281. The molecule has 0 atom stereocenters. The van der Waals surface area contributed by atoms with Crippen LogP contribution in [0.5, 0.6) is 0 Å². The standard InChI is InChI=1S/C8H8N4O2/c9-7(13)10-4-1-2-5-6(3-4)12-8(14)11-5/h1-3H,(H3,9,10,13)(H2,11,12,14). The number of H-pyrrole nitrogens is 2. The third-order valence-electron chi connectivity index (χ3n) is 1.78. The van der Waals surface area contributed by atoms with E-state index in [0.717, 1.165) is 0 Å². The Morgan fingerprint density at radius 1 is 1.29 bits per heavy atom. The molecule has 0 spiro atoms. The van der Waals surface area contributed by atoms with Crippen molar-refractivity contribution in [3.05, 3.63) is 28.7 Å². The number of anilines is 1. The SMILES string of the molecule is NC(=O)Nc1ccc2[nH]c(=O)[nH]c2c1. The number of rotatable bonds is 1. The van der Waals surface area contributed by atoms with Crippen molar-refractivity contribution in [2.24, 2.45) is 5.73 Å². The Hall–Kier alpha value is -2.24. The van der Waals surface area contributed by atoms with Crippen LogP contribution in [-0.4, -0.2) is 16.0 Å². The summed E-state index contributed by atoms with van der Waals surface area (Å²) >= 11 is 0. The van der Waals surface area contributed by atoms with Crippen molar-refractivity contribution in [3.63, 3.8) is 0 Å². The Balaban J connectivity index is 2.50. The predicted octanol–water partition coefficient (Wildman–Crippen LogP) is 0.347. The Morgan fingerprint density at radius 3 is 2.71 bits per heavy atom. The van der Waals surface area contributed by atoms with Crippen LogP contribution in [0, 0.1) is 0 Å². The second-order valence-electron chi connectivity index (χ2n) is 2.83. The van der Waals surface area contributed by atoms with E-state index in [1.165, 1.54) is 0 Å². The van der Waals surface area contributed by atoms with Gasteiger partial charge in [0.2, 0.25) is 0 Å². The van der Waals surface area contributed by atoms with E-state index in [1.54, 1.807) is 18.2 Å². The van der Waals surface area contributed by atoms with Crippen molar-refractivity contribution >= 4 is 22.8 Å². The largest absolute Gasteiger partial charge is 0.351 e. The highest BCUT2D eigenvalue weighted by Gasteiger charge is 2.00. The van der Waals surface area contributed by atoms with Crippen molar-refractivity contribution < 1.29 is 4.79 Å². The molecule has 0 saturated carbocycles. The summed E-state index contributed by atoms with van der Waals surface area (Å²) in [5.74, 6) is 0. The monoisotopic (exact) mass is 192 g/mol. The molecular weight excluding hydrogens is 184 g/mol. The lowest BCUT2D eigenvalue weighted by Crippen LogP contribution is -2.19. The van der Waals surface area contributed by atoms with Crippen LogP contribution in [0.1, 0.15) is 0 Å². The molecule has 0 aliphatic rings. The van der Waals surface area contributed by atoms with Gasteiger partial charge in [-0.15, -0.1) is 0 Å². The fourth-order valence-electron chi connectivity index (χ4n) is 1.25. The van der Waals surface area contributed by atoms with Crippen LogP contribution in [0.2, 0.25) is 0 Å². The van der Waals surface area contributed by atoms with Crippen LogP contribution in [0.15, 0.2) is 23.0 Å². The van der Waals surface area contributed by atoms with Crippen molar-refractivity contribution in [2.75, 3.05) is 5.32 Å². The van der Waals surface area contributed by atoms with Crippen LogP contribution in [0.4, 0.5) is 10.5 Å². The summed E-state index contributed by atoms with van der Waals surface area (Å²) in [5.41, 5.74) is 6.52. The number of imidazole rings is 1. The molecule has 1 heterocycles. The fourth-order valence-corrected chi connectivity index (χ4v) is 1.25. The van der Waals surface area contributed by atoms with Gasteiger partial charge in [-0.25, -0.2) is 9.59 Å². The summed E-state index contributed by atoms with van der Waals surface area (Å²) in [7, 11) is 0. The molecule has 72 valence electrons. The molecular formula is C8H8N4O2. The van der Waals surface area contributed by atoms with E-state index in [-0.39, 0.29) is 5.69 Å². The molecule has 1 aromatic heterocycles. The molecule has 14 heavy (non-hydrogen) atoms. The molecule has 0 aliphatic carbocycles. The van der Waals surface area contributed by atoms with Crippen molar-refractivity contribution in [1.29, 1.82) is 0 Å². The van der Waals surface area contributed by atoms with E-state index in [4.69, 9.17) is 5.73 Å². The fraction of sp³-hybridized carbons (Fsp3) is 0. The van der Waals surface area contributed by atoms with Gasteiger partial charge < -0.3 is 21.0 Å². The molecule has 6 nitrogen and oxygen atoms in total. The summed E-state index contributed by atoms with van der Waals surface area (Å²) in [4.78, 5) is 26.6. The first-order valence-electron chi connectivity index (χ1n) is 3.93. The van der Waals surface area contributed by atoms with E-state index in [2.05, 4.69) is 15.3 Å². The Bertz CT molecular complexity index is 540. The van der Waals surface area contributed by atoms with Gasteiger partial charge in [-0.3, -0.25) is 0 Å². The van der Waals surface area contributed by atoms with Crippen molar-refractivity contribution in [2.45, 2.75) is 0 Å². The zero-order valence-corrected chi connectivity index (χ0v) is 7.13. The second kappa shape index (κ2) is 2.91. The lowest BCUT2D eigenvalue weighted by atomic mass is 10.3. The number of urea groups is 1. The van der Waals surface area contributed by atoms with Crippen LogP contribution >= 0.6 is 0 Å². The number of nitrogens with two attached hydrogens (primary N) is 1. The van der Waals surface area contributed by atoms with E-state index in [0.29, 0.717) is 16.7 Å². The Morgan fingerprint density at radius 2 is 2.00 bits per heavy atom. The van der Waals surface area contributed by atoms with Gasteiger partial charge in [-0.1, -0.05) is 0 Å². The van der Waals surface area contributed by atoms with E-state index >= 15 is 0 Å². The molecule has 5 N–H and O–H groups in total. The first-order chi connectivity index (χ1) is 6.65. The topological polar surface area (TPSA) is 104 Å². The number of benzene rings is 1. The third-order valence-corrected chi connectivity index (χ3v) is 1.78. The van der Waals surface area contributed by atoms with Gasteiger partial charge in [0.15, 0.2) is 0 Å². The number of primary amides is 1. The zero-order chi connectivity index (χ0) is 10.1. The molecule has 0 aliphatic heterocycles. The zero-order valence-electron chi connectivity index (χ0n) is 7.13. The number of amides is 2. The first-order valence-corrected chi connectivity index (χ1v) is 3.93. The van der Waals surface area contributed by atoms with Gasteiger partial charge in [0.05, 0.1) is 11.0 Å². The maximum Gasteiger partial charge on any atom is 0.323 e. The van der Waals surface area contributed by atoms with E-state index in [1.807, 2.05) is 0 Å². The van der Waals surface area contributed by atoms with Gasteiger partial charge in [-0.2, -0.15) is 0 Å². The molecule has 2 rings (SSSR count). The third kappa shape index (κ3) is 1.45. The number of fused-ring (bicyclic) bond motifs is 1. The maximum absolute atomic E-state index is 10.9. The molecule has 0 radical (unpaired) electrons. The minimum Gasteiger partial charge on any atom is -0.351 e. The average molecular weight is 192 g/mol. The number of hydrogen-bond donors (Lipinski definition) is 4. The number of nitrogens with one attached hydrogen (secondary N) is 3. The lowest BCUT2D eigenvalue weighted by molar-refractivity contribution is 0.259. The number of carbonyl (C=O) groups is 1. The van der Waals surface area contributed by atoms with Gasteiger partial charge in [-0.05, 0) is 18.2 Å². The molecule has 0 unspecified atom stereocenters. The first kappa shape index (κ1) is 8.36. The molecule has 0 fully saturated rings. The molecule has 0 saturated heterocycles. The van der Waals surface area contributed by atoms with Crippen LogP contribution < -0.4 is 16.7 Å². The highest BCUT2D eigenvalue weighted by molar-refractivity contribution is 5.90. The predicted molar refractivity (Wildman–Crippen MR) is 52.1 cm³/mol. The Labute approximate surface area is 78.1 Å². The minimum atomic E-state index is -0.637. The average Bonchev–Trinajstić information content (AvgIpc) is 2.42. The smallest absolute Gasteiger partial charge is 0.323 e. The molecule has 0 bridgehead atoms. The molecule has 2 aromatic rings. The molecule has 2 amide bonds. The summed E-state index contributed by atoms with van der Waals surface area (Å²) < 4.78 is 0.